The average molecular weight is 168 g/mol. The minimum atomic E-state index is -0.703. The Morgan fingerprint density at radius 1 is 1.75 bits per heavy atom. The predicted octanol–water partition coefficient (Wildman–Crippen LogP) is 0.795. The van der Waals surface area contributed by atoms with Crippen LogP contribution in [-0.2, 0) is 9.53 Å². The highest BCUT2D eigenvalue weighted by Gasteiger charge is 2.21. The summed E-state index contributed by atoms with van der Waals surface area (Å²) in [6.07, 6.45) is 5.89. The summed E-state index contributed by atoms with van der Waals surface area (Å²) in [7, 11) is 0. The standard InChI is InChI=1S/C9H12O3/c1-2-3-4-8-7(10)5-6-9(11)12-8/h3-8,10H,2H2,1H3/b4-3+/t7-,8+/m0/s1. The van der Waals surface area contributed by atoms with Crippen molar-refractivity contribution in [1.82, 2.24) is 0 Å². The number of esters is 1. The zero-order chi connectivity index (χ0) is 8.97. The molecule has 0 aromatic heterocycles. The quantitative estimate of drug-likeness (QED) is 0.490. The molecule has 1 rings (SSSR count). The smallest absolute Gasteiger partial charge is 0.331 e. The van der Waals surface area contributed by atoms with E-state index in [-0.39, 0.29) is 0 Å². The van der Waals surface area contributed by atoms with Gasteiger partial charge in [-0.25, -0.2) is 4.79 Å². The second-order valence-electron chi connectivity index (χ2n) is 2.59. The summed E-state index contributed by atoms with van der Waals surface area (Å²) in [6.45, 7) is 1.98. The predicted molar refractivity (Wildman–Crippen MR) is 44.5 cm³/mol. The van der Waals surface area contributed by atoms with Gasteiger partial charge in [0, 0.05) is 6.08 Å². The average Bonchev–Trinajstić information content (AvgIpc) is 2.07. The van der Waals surface area contributed by atoms with Gasteiger partial charge in [-0.1, -0.05) is 13.0 Å². The van der Waals surface area contributed by atoms with Crippen LogP contribution in [0.2, 0.25) is 0 Å². The number of hydrogen-bond acceptors (Lipinski definition) is 3. The first kappa shape index (κ1) is 9.00. The van der Waals surface area contributed by atoms with E-state index in [2.05, 4.69) is 0 Å². The van der Waals surface area contributed by atoms with Gasteiger partial charge in [-0.15, -0.1) is 0 Å². The minimum absolute atomic E-state index is 0.397. The fourth-order valence-electron chi connectivity index (χ4n) is 0.953. The van der Waals surface area contributed by atoms with Crippen LogP contribution in [0.15, 0.2) is 24.3 Å². The maximum absolute atomic E-state index is 10.7. The number of aliphatic hydroxyl groups is 1. The summed E-state index contributed by atoms with van der Waals surface area (Å²) < 4.78 is 4.84. The highest BCUT2D eigenvalue weighted by atomic mass is 16.6. The van der Waals surface area contributed by atoms with Crippen LogP contribution >= 0.6 is 0 Å². The summed E-state index contributed by atoms with van der Waals surface area (Å²) in [4.78, 5) is 10.7. The van der Waals surface area contributed by atoms with E-state index in [1.165, 1.54) is 12.2 Å². The van der Waals surface area contributed by atoms with Gasteiger partial charge in [0.05, 0.1) is 0 Å². The molecular weight excluding hydrogens is 156 g/mol. The monoisotopic (exact) mass is 168 g/mol. The summed E-state index contributed by atoms with van der Waals surface area (Å²) in [5, 5.41) is 9.30. The van der Waals surface area contributed by atoms with Crippen molar-refractivity contribution in [2.24, 2.45) is 0 Å². The first-order chi connectivity index (χ1) is 5.74. The number of carbonyl (C=O) groups is 1. The molecule has 3 heteroatoms. The van der Waals surface area contributed by atoms with Crippen LogP contribution in [0.1, 0.15) is 13.3 Å². The molecule has 12 heavy (non-hydrogen) atoms. The Morgan fingerprint density at radius 3 is 3.17 bits per heavy atom. The lowest BCUT2D eigenvalue weighted by Crippen LogP contribution is -2.31. The molecule has 0 amide bonds. The van der Waals surface area contributed by atoms with Crippen molar-refractivity contribution in [3.63, 3.8) is 0 Å². The molecule has 1 heterocycles. The first-order valence-corrected chi connectivity index (χ1v) is 3.97. The van der Waals surface area contributed by atoms with E-state index in [9.17, 15) is 9.90 Å². The molecule has 0 radical (unpaired) electrons. The number of carbonyl (C=O) groups excluding carboxylic acids is 1. The molecule has 1 N–H and O–H groups in total. The number of hydrogen-bond donors (Lipinski definition) is 1. The minimum Gasteiger partial charge on any atom is -0.452 e. The van der Waals surface area contributed by atoms with Crippen LogP contribution in [0.5, 0.6) is 0 Å². The molecule has 1 aliphatic heterocycles. The van der Waals surface area contributed by atoms with E-state index in [0.29, 0.717) is 0 Å². The molecule has 0 aromatic carbocycles. The second-order valence-corrected chi connectivity index (χ2v) is 2.59. The number of aliphatic hydroxyl groups excluding tert-OH is 1. The van der Waals surface area contributed by atoms with Gasteiger partial charge >= 0.3 is 5.97 Å². The molecule has 0 spiro atoms. The van der Waals surface area contributed by atoms with Crippen molar-refractivity contribution in [3.05, 3.63) is 24.3 Å². The van der Waals surface area contributed by atoms with E-state index < -0.39 is 18.2 Å². The van der Waals surface area contributed by atoms with E-state index >= 15 is 0 Å². The SMILES string of the molecule is CC/C=C/[C@H]1OC(=O)C=C[C@@H]1O. The van der Waals surface area contributed by atoms with E-state index in [1.54, 1.807) is 6.08 Å². The van der Waals surface area contributed by atoms with Crippen molar-refractivity contribution in [2.75, 3.05) is 0 Å². The molecule has 2 atom stereocenters. The molecule has 0 bridgehead atoms. The molecule has 0 aliphatic carbocycles. The fourth-order valence-corrected chi connectivity index (χ4v) is 0.953. The summed E-state index contributed by atoms with van der Waals surface area (Å²) in [5.74, 6) is -0.397. The van der Waals surface area contributed by atoms with Gasteiger partial charge in [-0.2, -0.15) is 0 Å². The van der Waals surface area contributed by atoms with Crippen molar-refractivity contribution >= 4 is 5.97 Å². The van der Waals surface area contributed by atoms with Gasteiger partial charge in [0.25, 0.3) is 0 Å². The molecule has 0 saturated heterocycles. The lowest BCUT2D eigenvalue weighted by molar-refractivity contribution is -0.146. The van der Waals surface area contributed by atoms with Crippen molar-refractivity contribution < 1.29 is 14.6 Å². The molecule has 66 valence electrons. The van der Waals surface area contributed by atoms with Gasteiger partial charge in [0.1, 0.15) is 12.2 Å². The summed E-state index contributed by atoms with van der Waals surface area (Å²) >= 11 is 0. The van der Waals surface area contributed by atoms with Crippen molar-refractivity contribution in [1.29, 1.82) is 0 Å². The fraction of sp³-hybridized carbons (Fsp3) is 0.444. The zero-order valence-corrected chi connectivity index (χ0v) is 6.93. The highest BCUT2D eigenvalue weighted by molar-refractivity contribution is 5.83. The molecule has 0 aromatic rings. The third-order valence-corrected chi connectivity index (χ3v) is 1.58. The van der Waals surface area contributed by atoms with E-state index in [4.69, 9.17) is 4.74 Å². The van der Waals surface area contributed by atoms with Crippen molar-refractivity contribution in [3.8, 4) is 0 Å². The van der Waals surface area contributed by atoms with Crippen LogP contribution in [0.4, 0.5) is 0 Å². The molecule has 1 aliphatic rings. The van der Waals surface area contributed by atoms with Gasteiger partial charge in [0.15, 0.2) is 0 Å². The van der Waals surface area contributed by atoms with E-state index in [1.807, 2.05) is 13.0 Å². The third kappa shape index (κ3) is 2.20. The van der Waals surface area contributed by atoms with Gasteiger partial charge in [0.2, 0.25) is 0 Å². The Labute approximate surface area is 71.3 Å². The molecule has 0 saturated carbocycles. The van der Waals surface area contributed by atoms with Crippen LogP contribution in [-0.4, -0.2) is 23.3 Å². The normalized spacial score (nSPS) is 29.3. The number of rotatable bonds is 2. The number of cyclic esters (lactones) is 1. The Kier molecular flexibility index (Phi) is 3.05. The maximum atomic E-state index is 10.7. The van der Waals surface area contributed by atoms with Gasteiger partial charge in [-0.3, -0.25) is 0 Å². The summed E-state index contributed by atoms with van der Waals surface area (Å²) in [6, 6.07) is 0. The van der Waals surface area contributed by atoms with Gasteiger partial charge < -0.3 is 9.84 Å². The van der Waals surface area contributed by atoms with Gasteiger partial charge in [-0.05, 0) is 18.6 Å². The van der Waals surface area contributed by atoms with Crippen LogP contribution < -0.4 is 0 Å². The lowest BCUT2D eigenvalue weighted by atomic mass is 10.1. The van der Waals surface area contributed by atoms with E-state index in [0.717, 1.165) is 6.42 Å². The summed E-state index contributed by atoms with van der Waals surface area (Å²) in [5.41, 5.74) is 0. The zero-order valence-electron chi connectivity index (χ0n) is 6.93. The molecule has 0 unspecified atom stereocenters. The second kappa shape index (κ2) is 4.07. The maximum Gasteiger partial charge on any atom is 0.331 e. The molecule has 0 fully saturated rings. The number of ether oxygens (including phenoxy) is 1. The number of allylic oxidation sites excluding steroid dienone is 1. The van der Waals surface area contributed by atoms with Crippen LogP contribution in [0.25, 0.3) is 0 Å². The lowest BCUT2D eigenvalue weighted by Gasteiger charge is -2.20. The van der Waals surface area contributed by atoms with Crippen LogP contribution in [0.3, 0.4) is 0 Å². The Morgan fingerprint density at radius 2 is 2.50 bits per heavy atom. The van der Waals surface area contributed by atoms with Crippen LogP contribution in [0, 0.1) is 0 Å². The molecular formula is C9H12O3. The topological polar surface area (TPSA) is 46.5 Å². The Bertz CT molecular complexity index is 218. The third-order valence-electron chi connectivity index (χ3n) is 1.58. The highest BCUT2D eigenvalue weighted by Crippen LogP contribution is 2.09. The Balaban J connectivity index is 2.59. The largest absolute Gasteiger partial charge is 0.452 e. The molecule has 3 nitrogen and oxygen atoms in total. The Hall–Kier alpha value is -1.09. The first-order valence-electron chi connectivity index (χ1n) is 3.97. The van der Waals surface area contributed by atoms with Crippen molar-refractivity contribution in [2.45, 2.75) is 25.6 Å².